The number of rotatable bonds is 5. The van der Waals surface area contributed by atoms with Crippen molar-refractivity contribution in [3.8, 4) is 5.75 Å². The highest BCUT2D eigenvalue weighted by atomic mass is 16.5. The lowest BCUT2D eigenvalue weighted by atomic mass is 10.1. The molecule has 0 heterocycles. The molecular weight excluding hydrogens is 186 g/mol. The summed E-state index contributed by atoms with van der Waals surface area (Å²) >= 11 is 0. The molecule has 0 radical (unpaired) electrons. The molecule has 2 heteroatoms. The van der Waals surface area contributed by atoms with Gasteiger partial charge in [-0.1, -0.05) is 18.2 Å². The average molecular weight is 205 g/mol. The van der Waals surface area contributed by atoms with Crippen molar-refractivity contribution in [2.75, 3.05) is 7.11 Å². The summed E-state index contributed by atoms with van der Waals surface area (Å²) in [5, 5.41) is 3.42. The minimum Gasteiger partial charge on any atom is -0.497 e. The third kappa shape index (κ3) is 3.40. The molecule has 0 spiro atoms. The zero-order valence-electron chi connectivity index (χ0n) is 9.66. The third-order valence-electron chi connectivity index (χ3n) is 2.48. The largest absolute Gasteiger partial charge is 0.497 e. The van der Waals surface area contributed by atoms with Crippen LogP contribution in [0.3, 0.4) is 0 Å². The molecule has 0 aliphatic heterocycles. The lowest BCUT2D eigenvalue weighted by Gasteiger charge is -2.17. The molecule has 1 rings (SSSR count). The first-order valence-corrected chi connectivity index (χ1v) is 5.20. The summed E-state index contributed by atoms with van der Waals surface area (Å²) in [5.74, 6) is 0.891. The molecule has 2 nitrogen and oxygen atoms in total. The Labute approximate surface area is 92.0 Å². The number of benzene rings is 1. The van der Waals surface area contributed by atoms with Crippen LogP contribution in [0.5, 0.6) is 5.75 Å². The van der Waals surface area contributed by atoms with Crippen LogP contribution in [0.15, 0.2) is 36.9 Å². The summed E-state index contributed by atoms with van der Waals surface area (Å²) < 4.78 is 5.11. The average Bonchev–Trinajstić information content (AvgIpc) is 2.29. The normalized spacial score (nSPS) is 14.3. The monoisotopic (exact) mass is 205 g/mol. The van der Waals surface area contributed by atoms with E-state index in [-0.39, 0.29) is 0 Å². The quantitative estimate of drug-likeness (QED) is 0.746. The smallest absolute Gasteiger partial charge is 0.118 e. The maximum atomic E-state index is 5.11. The summed E-state index contributed by atoms with van der Waals surface area (Å²) in [6.07, 6.45) is 1.90. The van der Waals surface area contributed by atoms with E-state index in [9.17, 15) is 0 Å². The maximum absolute atomic E-state index is 5.11. The molecule has 0 saturated heterocycles. The van der Waals surface area contributed by atoms with E-state index in [4.69, 9.17) is 4.74 Å². The molecule has 1 aromatic rings. The van der Waals surface area contributed by atoms with E-state index in [1.807, 2.05) is 18.2 Å². The Morgan fingerprint density at radius 2 is 1.87 bits per heavy atom. The zero-order valence-corrected chi connectivity index (χ0v) is 9.66. The van der Waals surface area contributed by atoms with Crippen LogP contribution in [0.2, 0.25) is 0 Å². The molecule has 0 fully saturated rings. The lowest BCUT2D eigenvalue weighted by molar-refractivity contribution is 0.414. The molecule has 1 aromatic carbocycles. The topological polar surface area (TPSA) is 21.3 Å². The van der Waals surface area contributed by atoms with Gasteiger partial charge >= 0.3 is 0 Å². The second-order valence-corrected chi connectivity index (χ2v) is 3.69. The van der Waals surface area contributed by atoms with Gasteiger partial charge in [-0.05, 0) is 31.5 Å². The molecule has 0 amide bonds. The second-order valence-electron chi connectivity index (χ2n) is 3.69. The van der Waals surface area contributed by atoms with Gasteiger partial charge < -0.3 is 10.1 Å². The summed E-state index contributed by atoms with van der Waals surface area (Å²) in [6, 6.07) is 8.75. The van der Waals surface area contributed by atoms with Crippen LogP contribution in [-0.2, 0) is 0 Å². The minimum absolute atomic E-state index is 0.321. The molecule has 0 bridgehead atoms. The Kier molecular flexibility index (Phi) is 4.37. The molecule has 2 unspecified atom stereocenters. The van der Waals surface area contributed by atoms with E-state index >= 15 is 0 Å². The molecule has 0 aliphatic carbocycles. The number of hydrogen-bond donors (Lipinski definition) is 1. The number of hydrogen-bond acceptors (Lipinski definition) is 2. The fourth-order valence-electron chi connectivity index (χ4n) is 1.45. The molecule has 2 atom stereocenters. The predicted octanol–water partition coefficient (Wildman–Crippen LogP) is 2.92. The van der Waals surface area contributed by atoms with Gasteiger partial charge in [-0.3, -0.25) is 0 Å². The fourth-order valence-corrected chi connectivity index (χ4v) is 1.45. The maximum Gasteiger partial charge on any atom is 0.118 e. The van der Waals surface area contributed by atoms with Crippen molar-refractivity contribution in [3.05, 3.63) is 42.5 Å². The highest BCUT2D eigenvalue weighted by Gasteiger charge is 2.06. The van der Waals surface area contributed by atoms with Crippen molar-refractivity contribution in [2.45, 2.75) is 25.9 Å². The van der Waals surface area contributed by atoms with Crippen molar-refractivity contribution < 1.29 is 4.74 Å². The van der Waals surface area contributed by atoms with Crippen LogP contribution in [-0.4, -0.2) is 13.2 Å². The Bertz CT molecular complexity index is 305. The summed E-state index contributed by atoms with van der Waals surface area (Å²) in [4.78, 5) is 0. The van der Waals surface area contributed by atoms with Crippen LogP contribution < -0.4 is 10.1 Å². The molecule has 1 N–H and O–H groups in total. The van der Waals surface area contributed by atoms with Gasteiger partial charge in [0.1, 0.15) is 5.75 Å². The summed E-state index contributed by atoms with van der Waals surface area (Å²) in [6.45, 7) is 7.98. The van der Waals surface area contributed by atoms with E-state index in [1.165, 1.54) is 5.56 Å². The van der Waals surface area contributed by atoms with E-state index in [1.54, 1.807) is 7.11 Å². The van der Waals surface area contributed by atoms with Gasteiger partial charge in [-0.15, -0.1) is 6.58 Å². The molecule has 0 aromatic heterocycles. The number of ether oxygens (including phenoxy) is 1. The van der Waals surface area contributed by atoms with Crippen LogP contribution in [0, 0.1) is 0 Å². The van der Waals surface area contributed by atoms with Crippen molar-refractivity contribution in [1.82, 2.24) is 5.32 Å². The van der Waals surface area contributed by atoms with Gasteiger partial charge in [-0.2, -0.15) is 0 Å². The number of methoxy groups -OCH3 is 1. The standard InChI is InChI=1S/C13H19NO/c1-5-10(2)14-11(3)12-6-8-13(15-4)9-7-12/h5-11,14H,1H2,2-4H3. The Morgan fingerprint density at radius 3 is 2.33 bits per heavy atom. The Morgan fingerprint density at radius 1 is 1.27 bits per heavy atom. The molecule has 0 saturated carbocycles. The van der Waals surface area contributed by atoms with Gasteiger partial charge in [0.2, 0.25) is 0 Å². The fraction of sp³-hybridized carbons (Fsp3) is 0.385. The molecule has 82 valence electrons. The van der Waals surface area contributed by atoms with Crippen LogP contribution in [0.4, 0.5) is 0 Å². The third-order valence-corrected chi connectivity index (χ3v) is 2.48. The van der Waals surface area contributed by atoms with E-state index in [0.717, 1.165) is 5.75 Å². The van der Waals surface area contributed by atoms with Crippen molar-refractivity contribution in [3.63, 3.8) is 0 Å². The van der Waals surface area contributed by atoms with Gasteiger partial charge in [0.05, 0.1) is 7.11 Å². The highest BCUT2D eigenvalue weighted by Crippen LogP contribution is 2.17. The van der Waals surface area contributed by atoms with Gasteiger partial charge in [0.15, 0.2) is 0 Å². The van der Waals surface area contributed by atoms with Crippen molar-refractivity contribution in [2.24, 2.45) is 0 Å². The molecular formula is C13H19NO. The first-order chi connectivity index (χ1) is 7.17. The van der Waals surface area contributed by atoms with Crippen LogP contribution in [0.1, 0.15) is 25.5 Å². The van der Waals surface area contributed by atoms with Gasteiger partial charge in [0.25, 0.3) is 0 Å². The minimum atomic E-state index is 0.321. The van der Waals surface area contributed by atoms with E-state index < -0.39 is 0 Å². The first-order valence-electron chi connectivity index (χ1n) is 5.20. The highest BCUT2D eigenvalue weighted by molar-refractivity contribution is 5.28. The van der Waals surface area contributed by atoms with Crippen LogP contribution in [0.25, 0.3) is 0 Å². The first kappa shape index (κ1) is 11.8. The van der Waals surface area contributed by atoms with Crippen LogP contribution >= 0.6 is 0 Å². The predicted molar refractivity (Wildman–Crippen MR) is 64.2 cm³/mol. The SMILES string of the molecule is C=CC(C)NC(C)c1ccc(OC)cc1. The van der Waals surface area contributed by atoms with E-state index in [2.05, 4.69) is 37.9 Å². The van der Waals surface area contributed by atoms with Crippen molar-refractivity contribution in [1.29, 1.82) is 0 Å². The number of nitrogens with one attached hydrogen (secondary N) is 1. The zero-order chi connectivity index (χ0) is 11.3. The van der Waals surface area contributed by atoms with Crippen molar-refractivity contribution >= 4 is 0 Å². The van der Waals surface area contributed by atoms with E-state index in [0.29, 0.717) is 12.1 Å². The van der Waals surface area contributed by atoms with Gasteiger partial charge in [0, 0.05) is 12.1 Å². The summed E-state index contributed by atoms with van der Waals surface area (Å²) in [7, 11) is 1.68. The molecule has 15 heavy (non-hydrogen) atoms. The Hall–Kier alpha value is -1.28. The second kappa shape index (κ2) is 5.56. The lowest BCUT2D eigenvalue weighted by Crippen LogP contribution is -2.26. The summed E-state index contributed by atoms with van der Waals surface area (Å²) in [5.41, 5.74) is 1.25. The molecule has 0 aliphatic rings. The Balaban J connectivity index is 2.65. The van der Waals surface area contributed by atoms with Gasteiger partial charge in [-0.25, -0.2) is 0 Å².